The summed E-state index contributed by atoms with van der Waals surface area (Å²) in [5, 5.41) is 10.6. The number of thiazole rings is 1. The Morgan fingerprint density at radius 2 is 1.74 bits per heavy atom. The number of nitrogens with one attached hydrogen (secondary N) is 3. The van der Waals surface area contributed by atoms with E-state index in [1.807, 2.05) is 62.5 Å². The van der Waals surface area contributed by atoms with Crippen molar-refractivity contribution in [1.29, 1.82) is 0 Å². The Balaban J connectivity index is 1.53. The number of hydrogen-bond donors (Lipinski definition) is 3. The van der Waals surface area contributed by atoms with Crippen LogP contribution in [-0.2, 0) is 9.59 Å². The number of aromatic nitrogens is 1. The van der Waals surface area contributed by atoms with Crippen molar-refractivity contribution in [3.63, 3.8) is 0 Å². The first-order chi connectivity index (χ1) is 20.4. The molecule has 3 amide bonds. The monoisotopic (exact) mass is 600 g/mol. The van der Waals surface area contributed by atoms with Crippen molar-refractivity contribution < 1.29 is 19.1 Å². The van der Waals surface area contributed by atoms with Gasteiger partial charge in [-0.1, -0.05) is 49.4 Å². The molecule has 4 aromatic rings. The van der Waals surface area contributed by atoms with Gasteiger partial charge in [0, 0.05) is 27.1 Å². The van der Waals surface area contributed by atoms with Gasteiger partial charge in [0.05, 0.1) is 17.6 Å². The van der Waals surface area contributed by atoms with Crippen LogP contribution in [0.4, 0.5) is 10.8 Å². The molecular weight excluding hydrogens is 569 g/mol. The average Bonchev–Trinajstić information content (AvgIpc) is 3.41. The number of amides is 3. The Bertz CT molecular complexity index is 1570. The molecule has 3 N–H and O–H groups in total. The maximum Gasteiger partial charge on any atom is 0.272 e. The second-order valence-corrected chi connectivity index (χ2v) is 11.3. The molecule has 1 aromatic heterocycles. The second kappa shape index (κ2) is 15.0. The van der Waals surface area contributed by atoms with Crippen molar-refractivity contribution in [2.24, 2.45) is 0 Å². The molecule has 0 aliphatic rings. The van der Waals surface area contributed by atoms with E-state index in [-0.39, 0.29) is 16.9 Å². The minimum absolute atomic E-state index is 0.0543. The quantitative estimate of drug-likeness (QED) is 0.122. The van der Waals surface area contributed by atoms with E-state index in [1.54, 1.807) is 48.5 Å². The van der Waals surface area contributed by atoms with Gasteiger partial charge in [-0.05, 0) is 62.7 Å². The summed E-state index contributed by atoms with van der Waals surface area (Å²) in [4.78, 5) is 44.6. The van der Waals surface area contributed by atoms with Crippen molar-refractivity contribution in [2.75, 3.05) is 17.2 Å². The molecule has 10 heteroatoms. The highest BCUT2D eigenvalue weighted by molar-refractivity contribution is 8.00. The summed E-state index contributed by atoms with van der Waals surface area (Å²) >= 11 is 2.79. The molecule has 42 heavy (non-hydrogen) atoms. The summed E-state index contributed by atoms with van der Waals surface area (Å²) in [6, 6.07) is 23.2. The van der Waals surface area contributed by atoms with E-state index in [4.69, 9.17) is 4.74 Å². The van der Waals surface area contributed by atoms with Crippen molar-refractivity contribution in [1.82, 2.24) is 10.3 Å². The Hall–Kier alpha value is -4.41. The predicted octanol–water partition coefficient (Wildman–Crippen LogP) is 6.77. The number of aryl methyl sites for hydroxylation is 1. The summed E-state index contributed by atoms with van der Waals surface area (Å²) in [5.74, 6) is -0.457. The van der Waals surface area contributed by atoms with Crippen LogP contribution in [0.5, 0.6) is 5.75 Å². The first-order valence-electron chi connectivity index (χ1n) is 13.5. The number of benzene rings is 3. The van der Waals surface area contributed by atoms with Gasteiger partial charge in [-0.15, -0.1) is 23.1 Å². The molecule has 0 saturated heterocycles. The molecule has 8 nitrogen and oxygen atoms in total. The lowest BCUT2D eigenvalue weighted by Crippen LogP contribution is -2.30. The minimum atomic E-state index is -0.503. The largest absolute Gasteiger partial charge is 0.493 e. The number of thioether (sulfide) groups is 1. The Morgan fingerprint density at radius 1 is 0.976 bits per heavy atom. The van der Waals surface area contributed by atoms with Crippen LogP contribution in [0.25, 0.3) is 6.08 Å². The standard InChI is InChI=1S/C32H32N4O4S2/c1-4-28(31(39)36-32-33-21(3)20-41-32)42-25-16-11-15-24(19-25)34-30(38)26(35-29(37)22-12-7-6-8-13-22)18-23-14-9-10-17-27(23)40-5-2/h6-20,28H,4-5H2,1-3H3,(H,34,38)(H,35,37)(H,33,36,39)/b26-18+. The molecular formula is C32H32N4O4S2. The number of nitrogens with zero attached hydrogens (tertiary/aromatic N) is 1. The van der Waals surface area contributed by atoms with Crippen LogP contribution in [0, 0.1) is 6.92 Å². The third-order valence-electron chi connectivity index (χ3n) is 5.93. The van der Waals surface area contributed by atoms with Crippen LogP contribution in [0.3, 0.4) is 0 Å². The maximum absolute atomic E-state index is 13.5. The van der Waals surface area contributed by atoms with E-state index in [9.17, 15) is 14.4 Å². The van der Waals surface area contributed by atoms with Crippen molar-refractivity contribution in [3.8, 4) is 5.75 Å². The maximum atomic E-state index is 13.5. The second-order valence-electron chi connectivity index (χ2n) is 9.13. The summed E-state index contributed by atoms with van der Waals surface area (Å²) in [7, 11) is 0. The highest BCUT2D eigenvalue weighted by Gasteiger charge is 2.20. The molecule has 0 saturated carbocycles. The topological polar surface area (TPSA) is 109 Å². The fraction of sp³-hybridized carbons (Fsp3) is 0.188. The minimum Gasteiger partial charge on any atom is -0.493 e. The van der Waals surface area contributed by atoms with Gasteiger partial charge in [0.15, 0.2) is 5.13 Å². The fourth-order valence-corrected chi connectivity index (χ4v) is 5.62. The van der Waals surface area contributed by atoms with Crippen LogP contribution in [0.1, 0.15) is 41.9 Å². The Labute approximate surface area is 253 Å². The molecule has 0 aliphatic carbocycles. The normalized spacial score (nSPS) is 11.8. The van der Waals surface area contributed by atoms with E-state index in [0.717, 1.165) is 10.6 Å². The van der Waals surface area contributed by atoms with E-state index in [0.29, 0.717) is 40.7 Å². The van der Waals surface area contributed by atoms with Crippen molar-refractivity contribution in [2.45, 2.75) is 37.3 Å². The lowest BCUT2D eigenvalue weighted by atomic mass is 10.1. The van der Waals surface area contributed by atoms with Gasteiger partial charge in [0.1, 0.15) is 11.4 Å². The van der Waals surface area contributed by atoms with Gasteiger partial charge in [-0.3, -0.25) is 14.4 Å². The molecule has 0 spiro atoms. The van der Waals surface area contributed by atoms with E-state index >= 15 is 0 Å². The lowest BCUT2D eigenvalue weighted by molar-refractivity contribution is -0.116. The summed E-state index contributed by atoms with van der Waals surface area (Å²) in [6.45, 7) is 6.16. The van der Waals surface area contributed by atoms with E-state index in [2.05, 4.69) is 20.9 Å². The van der Waals surface area contributed by atoms with Crippen LogP contribution >= 0.6 is 23.1 Å². The molecule has 0 aliphatic heterocycles. The highest BCUT2D eigenvalue weighted by Crippen LogP contribution is 2.29. The number of para-hydroxylation sites is 1. The van der Waals surface area contributed by atoms with Gasteiger partial charge in [0.2, 0.25) is 5.91 Å². The first kappa shape index (κ1) is 30.5. The molecule has 1 unspecified atom stereocenters. The molecule has 0 bridgehead atoms. The van der Waals surface area contributed by atoms with Gasteiger partial charge < -0.3 is 20.7 Å². The van der Waals surface area contributed by atoms with Gasteiger partial charge in [-0.2, -0.15) is 0 Å². The number of hydrogen-bond acceptors (Lipinski definition) is 7. The zero-order valence-electron chi connectivity index (χ0n) is 23.5. The smallest absolute Gasteiger partial charge is 0.272 e. The zero-order chi connectivity index (χ0) is 29.9. The number of carbonyl (C=O) groups is 3. The van der Waals surface area contributed by atoms with Crippen LogP contribution in [0.2, 0.25) is 0 Å². The lowest BCUT2D eigenvalue weighted by Gasteiger charge is -2.15. The molecule has 0 fully saturated rings. The Morgan fingerprint density at radius 3 is 2.45 bits per heavy atom. The van der Waals surface area contributed by atoms with E-state index in [1.165, 1.54) is 23.1 Å². The number of anilines is 2. The van der Waals surface area contributed by atoms with Gasteiger partial charge in [-0.25, -0.2) is 4.98 Å². The first-order valence-corrected chi connectivity index (χ1v) is 15.2. The van der Waals surface area contributed by atoms with E-state index < -0.39 is 11.8 Å². The summed E-state index contributed by atoms with van der Waals surface area (Å²) < 4.78 is 5.72. The number of rotatable bonds is 12. The molecule has 4 rings (SSSR count). The van der Waals surface area contributed by atoms with Gasteiger partial charge >= 0.3 is 0 Å². The van der Waals surface area contributed by atoms with Crippen LogP contribution in [-0.4, -0.2) is 34.6 Å². The molecule has 216 valence electrons. The molecule has 1 atom stereocenters. The summed E-state index contributed by atoms with van der Waals surface area (Å²) in [5.41, 5.74) is 2.50. The average molecular weight is 601 g/mol. The molecule has 0 radical (unpaired) electrons. The summed E-state index contributed by atoms with van der Waals surface area (Å²) in [6.07, 6.45) is 2.20. The van der Waals surface area contributed by atoms with Crippen molar-refractivity contribution in [3.05, 3.63) is 107 Å². The van der Waals surface area contributed by atoms with Crippen molar-refractivity contribution >= 4 is 57.7 Å². The van der Waals surface area contributed by atoms with Gasteiger partial charge in [0.25, 0.3) is 11.8 Å². The Kier molecular flexibility index (Phi) is 10.9. The molecule has 1 heterocycles. The fourth-order valence-electron chi connectivity index (χ4n) is 3.91. The third kappa shape index (κ3) is 8.55. The number of ether oxygens (including phenoxy) is 1. The zero-order valence-corrected chi connectivity index (χ0v) is 25.2. The van der Waals surface area contributed by atoms with Crippen LogP contribution in [0.15, 0.2) is 94.8 Å². The third-order valence-corrected chi connectivity index (χ3v) is 8.16. The predicted molar refractivity (Wildman–Crippen MR) is 170 cm³/mol. The van der Waals surface area contributed by atoms with Crippen LogP contribution < -0.4 is 20.7 Å². The SMILES string of the molecule is CCOc1ccccc1/C=C(/NC(=O)c1ccccc1)C(=O)Nc1cccc(SC(CC)C(=O)Nc2nc(C)cs2)c1. The highest BCUT2D eigenvalue weighted by atomic mass is 32.2. The number of carbonyl (C=O) groups excluding carboxylic acids is 3. The molecule has 3 aromatic carbocycles.